The summed E-state index contributed by atoms with van der Waals surface area (Å²) >= 11 is 0. The quantitative estimate of drug-likeness (QED) is 0.830. The summed E-state index contributed by atoms with van der Waals surface area (Å²) in [5, 5.41) is 2.54. The molecule has 0 heterocycles. The van der Waals surface area contributed by atoms with Crippen LogP contribution < -0.4 is 14.8 Å². The third kappa shape index (κ3) is 5.35. The number of hydrogen-bond acceptors (Lipinski definition) is 3. The first-order chi connectivity index (χ1) is 11.4. The van der Waals surface area contributed by atoms with Crippen LogP contribution in [-0.4, -0.2) is 19.4 Å². The Morgan fingerprint density at radius 3 is 2.38 bits per heavy atom. The van der Waals surface area contributed by atoms with Crippen molar-refractivity contribution in [1.29, 1.82) is 0 Å². The minimum Gasteiger partial charge on any atom is -0.496 e. The molecule has 0 saturated heterocycles. The monoisotopic (exact) mass is 337 g/mol. The van der Waals surface area contributed by atoms with E-state index in [1.165, 1.54) is 25.3 Å². The molecule has 0 aromatic heterocycles. The molecule has 0 spiro atoms. The van der Waals surface area contributed by atoms with Crippen molar-refractivity contribution >= 4 is 17.7 Å². The van der Waals surface area contributed by atoms with Crippen LogP contribution in [0.3, 0.4) is 0 Å². The smallest absolute Gasteiger partial charge is 0.496 e. The first kappa shape index (κ1) is 17.4. The molecule has 0 bridgehead atoms. The van der Waals surface area contributed by atoms with Crippen LogP contribution in [0.25, 0.3) is 6.08 Å². The first-order valence-electron chi connectivity index (χ1n) is 6.85. The van der Waals surface area contributed by atoms with Gasteiger partial charge in [-0.05, 0) is 36.4 Å². The van der Waals surface area contributed by atoms with Gasteiger partial charge in [0.2, 0.25) is 5.91 Å². The fraction of sp³-hybridized carbons (Fsp3) is 0.118. The van der Waals surface area contributed by atoms with Gasteiger partial charge >= 0.3 is 6.36 Å². The summed E-state index contributed by atoms with van der Waals surface area (Å²) in [7, 11) is 1.53. The second kappa shape index (κ2) is 7.54. The van der Waals surface area contributed by atoms with Crippen molar-refractivity contribution in [2.45, 2.75) is 6.36 Å². The molecule has 2 aromatic rings. The van der Waals surface area contributed by atoms with Gasteiger partial charge in [-0.2, -0.15) is 0 Å². The van der Waals surface area contributed by atoms with E-state index in [0.717, 1.165) is 17.7 Å². The van der Waals surface area contributed by atoms with Crippen molar-refractivity contribution in [3.05, 3.63) is 60.2 Å². The van der Waals surface area contributed by atoms with Crippen molar-refractivity contribution in [1.82, 2.24) is 0 Å². The minimum atomic E-state index is -4.75. The third-order valence-corrected chi connectivity index (χ3v) is 2.91. The van der Waals surface area contributed by atoms with Crippen molar-refractivity contribution in [3.63, 3.8) is 0 Å². The van der Waals surface area contributed by atoms with E-state index in [9.17, 15) is 18.0 Å². The highest BCUT2D eigenvalue weighted by Crippen LogP contribution is 2.24. The predicted octanol–water partition coefficient (Wildman–Crippen LogP) is 4.25. The van der Waals surface area contributed by atoms with Crippen LogP contribution >= 0.6 is 0 Å². The number of halogens is 3. The molecule has 24 heavy (non-hydrogen) atoms. The van der Waals surface area contributed by atoms with Crippen molar-refractivity contribution in [2.75, 3.05) is 12.4 Å². The van der Waals surface area contributed by atoms with Gasteiger partial charge < -0.3 is 14.8 Å². The van der Waals surface area contributed by atoms with Crippen molar-refractivity contribution in [2.24, 2.45) is 0 Å². The number of benzene rings is 2. The van der Waals surface area contributed by atoms with Crippen LogP contribution in [-0.2, 0) is 4.79 Å². The van der Waals surface area contributed by atoms with Gasteiger partial charge in [0.15, 0.2) is 0 Å². The molecule has 0 aliphatic heterocycles. The van der Waals surface area contributed by atoms with Gasteiger partial charge in [-0.25, -0.2) is 0 Å². The fourth-order valence-electron chi connectivity index (χ4n) is 1.89. The Bertz CT molecular complexity index is 725. The summed E-state index contributed by atoms with van der Waals surface area (Å²) in [6.45, 7) is 0. The van der Waals surface area contributed by atoms with Gasteiger partial charge in [0, 0.05) is 17.3 Å². The molecule has 0 atom stereocenters. The normalized spacial score (nSPS) is 11.3. The maximum absolute atomic E-state index is 12.1. The number of nitrogens with one attached hydrogen (secondary N) is 1. The number of methoxy groups -OCH3 is 1. The minimum absolute atomic E-state index is 0.346. The lowest BCUT2D eigenvalue weighted by Crippen LogP contribution is -2.17. The number of para-hydroxylation sites is 1. The zero-order valence-electron chi connectivity index (χ0n) is 12.6. The van der Waals surface area contributed by atoms with Gasteiger partial charge in [0.05, 0.1) is 7.11 Å². The number of rotatable bonds is 5. The van der Waals surface area contributed by atoms with Crippen molar-refractivity contribution < 1.29 is 27.4 Å². The van der Waals surface area contributed by atoms with Crippen LogP contribution in [0.4, 0.5) is 18.9 Å². The lowest BCUT2D eigenvalue weighted by molar-refractivity contribution is -0.274. The first-order valence-corrected chi connectivity index (χ1v) is 6.85. The molecule has 126 valence electrons. The Hall–Kier alpha value is -2.96. The van der Waals surface area contributed by atoms with E-state index in [2.05, 4.69) is 10.1 Å². The molecular weight excluding hydrogens is 323 g/mol. The fourth-order valence-corrected chi connectivity index (χ4v) is 1.89. The number of ether oxygens (including phenoxy) is 2. The zero-order chi connectivity index (χ0) is 17.6. The molecule has 1 N–H and O–H groups in total. The Morgan fingerprint density at radius 1 is 1.08 bits per heavy atom. The largest absolute Gasteiger partial charge is 0.573 e. The van der Waals surface area contributed by atoms with Crippen LogP contribution in [0.2, 0.25) is 0 Å². The molecule has 7 heteroatoms. The van der Waals surface area contributed by atoms with E-state index in [4.69, 9.17) is 4.74 Å². The van der Waals surface area contributed by atoms with Crippen LogP contribution in [0.15, 0.2) is 54.6 Å². The predicted molar refractivity (Wildman–Crippen MR) is 83.8 cm³/mol. The van der Waals surface area contributed by atoms with Crippen molar-refractivity contribution in [3.8, 4) is 11.5 Å². The summed E-state index contributed by atoms with van der Waals surface area (Å²) in [6.07, 6.45) is -1.87. The number of carbonyl (C=O) groups excluding carboxylic acids is 1. The van der Waals surface area contributed by atoms with E-state index < -0.39 is 12.3 Å². The molecule has 0 aliphatic rings. The Labute approximate surface area is 136 Å². The summed E-state index contributed by atoms with van der Waals surface area (Å²) in [5.74, 6) is -0.161. The molecule has 4 nitrogen and oxygen atoms in total. The van der Waals surface area contributed by atoms with Crippen LogP contribution in [0.5, 0.6) is 11.5 Å². The number of carbonyl (C=O) groups is 1. The molecule has 0 unspecified atom stereocenters. The van der Waals surface area contributed by atoms with Gasteiger partial charge in [0.1, 0.15) is 11.5 Å². The molecular formula is C17H14F3NO3. The summed E-state index contributed by atoms with van der Waals surface area (Å²) < 4.78 is 45.1. The van der Waals surface area contributed by atoms with Crippen LogP contribution in [0, 0.1) is 0 Å². The van der Waals surface area contributed by atoms with Gasteiger partial charge in [-0.3, -0.25) is 4.79 Å². The molecule has 0 saturated carbocycles. The maximum Gasteiger partial charge on any atom is 0.573 e. The zero-order valence-corrected chi connectivity index (χ0v) is 12.6. The Balaban J connectivity index is 1.98. The lowest BCUT2D eigenvalue weighted by atomic mass is 10.2. The summed E-state index contributed by atoms with van der Waals surface area (Å²) in [6, 6.07) is 12.0. The highest BCUT2D eigenvalue weighted by atomic mass is 19.4. The molecule has 2 aromatic carbocycles. The van der Waals surface area contributed by atoms with Gasteiger partial charge in [0.25, 0.3) is 0 Å². The van der Waals surface area contributed by atoms with E-state index in [1.54, 1.807) is 30.3 Å². The number of anilines is 1. The summed E-state index contributed by atoms with van der Waals surface area (Å²) in [4.78, 5) is 11.8. The second-order valence-corrected chi connectivity index (χ2v) is 4.64. The second-order valence-electron chi connectivity index (χ2n) is 4.64. The molecule has 2 rings (SSSR count). The van der Waals surface area contributed by atoms with E-state index in [-0.39, 0.29) is 5.75 Å². The van der Waals surface area contributed by atoms with Gasteiger partial charge in [-0.1, -0.05) is 18.2 Å². The topological polar surface area (TPSA) is 47.6 Å². The third-order valence-electron chi connectivity index (χ3n) is 2.91. The standard InChI is InChI=1S/C17H14F3NO3/c1-23-15-5-3-2-4-12(15)6-11-16(22)21-13-7-9-14(10-8-13)24-17(18,19)20/h2-11H,1H3,(H,21,22)/b11-6+. The Morgan fingerprint density at radius 2 is 1.75 bits per heavy atom. The SMILES string of the molecule is COc1ccccc1/C=C/C(=O)Nc1ccc(OC(F)(F)F)cc1. The molecule has 1 amide bonds. The number of alkyl halides is 3. The maximum atomic E-state index is 12.1. The molecule has 0 aliphatic carbocycles. The van der Waals surface area contributed by atoms with Gasteiger partial charge in [-0.15, -0.1) is 13.2 Å². The highest BCUT2D eigenvalue weighted by Gasteiger charge is 2.30. The molecule has 0 fully saturated rings. The highest BCUT2D eigenvalue weighted by molar-refractivity contribution is 6.02. The molecule has 0 radical (unpaired) electrons. The average molecular weight is 337 g/mol. The van der Waals surface area contributed by atoms with E-state index >= 15 is 0 Å². The Kier molecular flexibility index (Phi) is 5.47. The lowest BCUT2D eigenvalue weighted by Gasteiger charge is -2.09. The number of amides is 1. The number of hydrogen-bond donors (Lipinski definition) is 1. The van der Waals surface area contributed by atoms with Crippen LogP contribution in [0.1, 0.15) is 5.56 Å². The van der Waals surface area contributed by atoms with E-state index in [1.807, 2.05) is 0 Å². The average Bonchev–Trinajstić information content (AvgIpc) is 2.53. The van der Waals surface area contributed by atoms with E-state index in [0.29, 0.717) is 11.4 Å². The summed E-state index contributed by atoms with van der Waals surface area (Å²) in [5.41, 5.74) is 1.07.